The summed E-state index contributed by atoms with van der Waals surface area (Å²) in [6.07, 6.45) is 2.22. The highest BCUT2D eigenvalue weighted by Crippen LogP contribution is 2.08. The largest absolute Gasteiger partial charge is 0.465 e. The fraction of sp³-hybridized carbons (Fsp3) is 0.938. The molecule has 1 unspecified atom stereocenters. The molecule has 0 aromatic rings. The average molecular weight is 283 g/mol. The van der Waals surface area contributed by atoms with Gasteiger partial charge in [0, 0.05) is 0 Å². The van der Waals surface area contributed by atoms with Crippen molar-refractivity contribution in [2.45, 2.75) is 89.7 Å². The molecule has 1 N–H and O–H groups in total. The SMILES string of the molecule is C.C.C.C.C.CCC(O)CC(=O)OCC(CC)CC. The topological polar surface area (TPSA) is 46.5 Å². The predicted molar refractivity (Wildman–Crippen MR) is 89.6 cm³/mol. The van der Waals surface area contributed by atoms with Gasteiger partial charge in [-0.3, -0.25) is 4.79 Å². The summed E-state index contributed by atoms with van der Waals surface area (Å²) in [4.78, 5) is 11.2. The van der Waals surface area contributed by atoms with Gasteiger partial charge in [-0.25, -0.2) is 0 Å². The van der Waals surface area contributed by atoms with Gasteiger partial charge < -0.3 is 9.84 Å². The van der Waals surface area contributed by atoms with Gasteiger partial charge in [0.15, 0.2) is 0 Å². The first kappa shape index (κ1) is 36.2. The van der Waals surface area contributed by atoms with E-state index in [0.29, 0.717) is 18.9 Å². The molecule has 0 rings (SSSR count). The summed E-state index contributed by atoms with van der Waals surface area (Å²) < 4.78 is 5.06. The summed E-state index contributed by atoms with van der Waals surface area (Å²) in [5.74, 6) is 0.170. The van der Waals surface area contributed by atoms with Gasteiger partial charge in [-0.05, 0) is 12.3 Å². The second-order valence-corrected chi connectivity index (χ2v) is 3.63. The van der Waals surface area contributed by atoms with Crippen LogP contribution in [0.3, 0.4) is 0 Å². The zero-order valence-corrected chi connectivity index (χ0v) is 9.45. The van der Waals surface area contributed by atoms with E-state index in [4.69, 9.17) is 4.74 Å². The minimum absolute atomic E-state index is 0. The lowest BCUT2D eigenvalue weighted by Crippen LogP contribution is -2.18. The quantitative estimate of drug-likeness (QED) is 0.644. The smallest absolute Gasteiger partial charge is 0.308 e. The minimum Gasteiger partial charge on any atom is -0.465 e. The highest BCUT2D eigenvalue weighted by molar-refractivity contribution is 5.69. The van der Waals surface area contributed by atoms with Crippen LogP contribution < -0.4 is 0 Å². The average Bonchev–Trinajstić information content (AvgIpc) is 2.19. The van der Waals surface area contributed by atoms with E-state index in [9.17, 15) is 9.90 Å². The Hall–Kier alpha value is -0.570. The molecule has 0 heterocycles. The van der Waals surface area contributed by atoms with Crippen LogP contribution in [0.15, 0.2) is 0 Å². The Morgan fingerprint density at radius 2 is 1.37 bits per heavy atom. The molecule has 19 heavy (non-hydrogen) atoms. The zero-order valence-electron chi connectivity index (χ0n) is 9.45. The summed E-state index contributed by atoms with van der Waals surface area (Å²) >= 11 is 0. The molecular weight excluding hydrogens is 240 g/mol. The van der Waals surface area contributed by atoms with E-state index in [1.54, 1.807) is 0 Å². The number of rotatable bonds is 7. The van der Waals surface area contributed by atoms with Gasteiger partial charge in [0.25, 0.3) is 0 Å². The molecule has 0 aliphatic carbocycles. The van der Waals surface area contributed by atoms with Crippen LogP contribution in [-0.2, 0) is 9.53 Å². The van der Waals surface area contributed by atoms with E-state index in [1.807, 2.05) is 6.92 Å². The van der Waals surface area contributed by atoms with Crippen LogP contribution in [0.25, 0.3) is 0 Å². The summed E-state index contributed by atoms with van der Waals surface area (Å²) in [5.41, 5.74) is 0. The van der Waals surface area contributed by atoms with Crippen molar-refractivity contribution in [1.82, 2.24) is 0 Å². The molecule has 0 saturated carbocycles. The first-order valence-electron chi connectivity index (χ1n) is 5.47. The van der Waals surface area contributed by atoms with Crippen molar-refractivity contribution in [2.75, 3.05) is 6.61 Å². The summed E-state index contributed by atoms with van der Waals surface area (Å²) in [6, 6.07) is 0. The van der Waals surface area contributed by atoms with Crippen LogP contribution in [0.2, 0.25) is 0 Å². The molecule has 0 aromatic heterocycles. The lowest BCUT2D eigenvalue weighted by atomic mass is 10.1. The molecule has 124 valence electrons. The maximum absolute atomic E-state index is 11.2. The van der Waals surface area contributed by atoms with Crippen LogP contribution in [0.5, 0.6) is 0 Å². The van der Waals surface area contributed by atoms with Crippen LogP contribution >= 0.6 is 0 Å². The zero-order chi connectivity index (χ0) is 11.0. The molecular formula is C16H42O3. The van der Waals surface area contributed by atoms with Crippen LogP contribution in [-0.4, -0.2) is 23.8 Å². The van der Waals surface area contributed by atoms with Gasteiger partial charge >= 0.3 is 5.97 Å². The van der Waals surface area contributed by atoms with Gasteiger partial charge in [-0.2, -0.15) is 0 Å². The Morgan fingerprint density at radius 3 is 1.68 bits per heavy atom. The molecule has 0 radical (unpaired) electrons. The number of hydrogen-bond donors (Lipinski definition) is 1. The lowest BCUT2D eigenvalue weighted by Gasteiger charge is -2.13. The number of carbonyl (C=O) groups excluding carboxylic acids is 1. The highest BCUT2D eigenvalue weighted by Gasteiger charge is 2.12. The third kappa shape index (κ3) is 19.9. The van der Waals surface area contributed by atoms with Crippen LogP contribution in [0.1, 0.15) is 83.6 Å². The molecule has 0 aliphatic rings. The number of aliphatic hydroxyl groups excluding tert-OH is 1. The van der Waals surface area contributed by atoms with Gasteiger partial charge in [0.2, 0.25) is 0 Å². The van der Waals surface area contributed by atoms with E-state index in [0.717, 1.165) is 12.8 Å². The van der Waals surface area contributed by atoms with Crippen molar-refractivity contribution < 1.29 is 14.6 Å². The number of hydrogen-bond acceptors (Lipinski definition) is 3. The molecule has 3 nitrogen and oxygen atoms in total. The third-order valence-corrected chi connectivity index (χ3v) is 2.51. The van der Waals surface area contributed by atoms with Gasteiger partial charge in [-0.1, -0.05) is 70.7 Å². The van der Waals surface area contributed by atoms with Gasteiger partial charge in [0.1, 0.15) is 0 Å². The van der Waals surface area contributed by atoms with Crippen molar-refractivity contribution in [3.8, 4) is 0 Å². The maximum Gasteiger partial charge on any atom is 0.308 e. The van der Waals surface area contributed by atoms with Gasteiger partial charge in [-0.15, -0.1) is 0 Å². The summed E-state index contributed by atoms with van der Waals surface area (Å²) in [7, 11) is 0. The van der Waals surface area contributed by atoms with E-state index >= 15 is 0 Å². The normalized spacial score (nSPS) is 9.53. The Bertz CT molecular complexity index is 154. The molecule has 0 aliphatic heterocycles. The maximum atomic E-state index is 11.2. The first-order valence-corrected chi connectivity index (χ1v) is 5.47. The highest BCUT2D eigenvalue weighted by atomic mass is 16.5. The Balaban J connectivity index is -0.0000000845. The standard InChI is InChI=1S/C11H22O3.5CH4/c1-4-9(5-2)8-14-11(13)7-10(12)6-3;;;;;/h9-10,12H,4-8H2,1-3H3;5*1H4. The van der Waals surface area contributed by atoms with Crippen LogP contribution in [0.4, 0.5) is 0 Å². The van der Waals surface area contributed by atoms with Crippen molar-refractivity contribution in [3.63, 3.8) is 0 Å². The molecule has 3 heteroatoms. The first-order chi connectivity index (χ1) is 6.63. The predicted octanol–water partition coefficient (Wildman–Crippen LogP) is 5.31. The fourth-order valence-corrected chi connectivity index (χ4v) is 1.13. The van der Waals surface area contributed by atoms with Crippen LogP contribution in [0, 0.1) is 5.92 Å². The molecule has 0 bridgehead atoms. The Kier molecular flexibility index (Phi) is 43.1. The monoisotopic (exact) mass is 282 g/mol. The van der Waals surface area contributed by atoms with E-state index in [1.165, 1.54) is 0 Å². The fourth-order valence-electron chi connectivity index (χ4n) is 1.13. The number of ether oxygens (including phenoxy) is 1. The lowest BCUT2D eigenvalue weighted by molar-refractivity contribution is -0.147. The van der Waals surface area contributed by atoms with Crippen molar-refractivity contribution in [1.29, 1.82) is 0 Å². The Labute approximate surface area is 123 Å². The van der Waals surface area contributed by atoms with Crippen molar-refractivity contribution >= 4 is 5.97 Å². The van der Waals surface area contributed by atoms with E-state index in [2.05, 4.69) is 13.8 Å². The molecule has 0 aromatic carbocycles. The van der Waals surface area contributed by atoms with E-state index < -0.39 is 6.10 Å². The Morgan fingerprint density at radius 1 is 0.947 bits per heavy atom. The van der Waals surface area contributed by atoms with Crippen molar-refractivity contribution in [3.05, 3.63) is 0 Å². The molecule has 0 amide bonds. The third-order valence-electron chi connectivity index (χ3n) is 2.51. The number of carbonyl (C=O) groups is 1. The molecule has 0 spiro atoms. The summed E-state index contributed by atoms with van der Waals surface area (Å²) in [6.45, 7) is 6.51. The number of esters is 1. The number of aliphatic hydroxyl groups is 1. The van der Waals surface area contributed by atoms with E-state index in [-0.39, 0.29) is 49.5 Å². The summed E-state index contributed by atoms with van der Waals surface area (Å²) in [5, 5.41) is 9.21. The minimum atomic E-state index is -0.552. The second kappa shape index (κ2) is 22.6. The van der Waals surface area contributed by atoms with Crippen molar-refractivity contribution in [2.24, 2.45) is 5.92 Å². The van der Waals surface area contributed by atoms with Gasteiger partial charge in [0.05, 0.1) is 19.1 Å². The molecule has 0 saturated heterocycles. The molecule has 0 fully saturated rings. The second-order valence-electron chi connectivity index (χ2n) is 3.63. The molecule has 1 atom stereocenters.